The van der Waals surface area contributed by atoms with Crippen LogP contribution < -0.4 is 35.8 Å². The van der Waals surface area contributed by atoms with Crippen LogP contribution >= 0.6 is 34.7 Å². The molecule has 4 aliphatic rings. The van der Waals surface area contributed by atoms with Gasteiger partial charge in [0.1, 0.15) is 46.6 Å². The van der Waals surface area contributed by atoms with Crippen molar-refractivity contribution < 1.29 is 42.9 Å². The predicted molar refractivity (Wildman–Crippen MR) is 322 cm³/mol. The lowest BCUT2D eigenvalue weighted by Gasteiger charge is -2.40. The molecule has 5 aromatic rings. The number of pyridine rings is 1. The molecule has 450 valence electrons. The van der Waals surface area contributed by atoms with Crippen molar-refractivity contribution in [3.63, 3.8) is 0 Å². The Balaban J connectivity index is 0.740. The molecule has 1 saturated carbocycles. The number of hydrogen-bond donors (Lipinski definition) is 5. The lowest BCUT2D eigenvalue weighted by molar-refractivity contribution is -0.145. The number of anilines is 3. The van der Waals surface area contributed by atoms with E-state index in [2.05, 4.69) is 57.8 Å². The second-order valence-corrected chi connectivity index (χ2v) is 26.9. The van der Waals surface area contributed by atoms with Gasteiger partial charge in [-0.3, -0.25) is 24.1 Å². The number of halogens is 2. The molecule has 24 heteroatoms. The largest absolute Gasteiger partial charge is 0.492 e. The van der Waals surface area contributed by atoms with Crippen LogP contribution in [0.25, 0.3) is 10.4 Å². The lowest BCUT2D eigenvalue weighted by Crippen LogP contribution is -2.59. The van der Waals surface area contributed by atoms with E-state index >= 15 is 0 Å². The number of ether oxygens (including phenoxy) is 2. The molecule has 0 unspecified atom stereocenters. The van der Waals surface area contributed by atoms with Gasteiger partial charge in [-0.2, -0.15) is 0 Å². The number of piperazine rings is 1. The first kappa shape index (κ1) is 61.9. The number of alkyl halides is 1. The second-order valence-electron chi connectivity index (χ2n) is 24.6. The van der Waals surface area contributed by atoms with Crippen LogP contribution in [0.3, 0.4) is 0 Å². The number of nitrogens with zero attached hydrogens (tertiary/aromatic N) is 8. The fraction of sp³-hybridized carbons (Fsp3) is 0.517. The van der Waals surface area contributed by atoms with Crippen molar-refractivity contribution in [2.45, 2.75) is 133 Å². The Bertz CT molecular complexity index is 3180. The summed E-state index contributed by atoms with van der Waals surface area (Å²) in [6.45, 7) is 21.0. The molecule has 1 aliphatic carbocycles. The minimum absolute atomic E-state index is 0.0123. The first-order valence-corrected chi connectivity index (χ1v) is 30.6. The molecule has 5 N–H and O–H groups in total. The summed E-state index contributed by atoms with van der Waals surface area (Å²) >= 11 is 9.74. The van der Waals surface area contributed by atoms with Gasteiger partial charge in [0.05, 0.1) is 57.2 Å². The first-order chi connectivity index (χ1) is 39.8. The molecule has 3 aromatic heterocycles. The molecule has 6 heterocycles. The molecule has 84 heavy (non-hydrogen) atoms. The average Bonchev–Trinajstić information content (AvgIpc) is 3.87. The molecule has 0 spiro atoms. The molecule has 5 amide bonds. The minimum Gasteiger partial charge on any atom is -0.492 e. The maximum Gasteiger partial charge on any atom is 0.407 e. The van der Waals surface area contributed by atoms with E-state index in [0.29, 0.717) is 51.6 Å². The maximum atomic E-state index is 14.7. The summed E-state index contributed by atoms with van der Waals surface area (Å²) in [7, 11) is 0. The fourth-order valence-electron chi connectivity index (χ4n) is 10.4. The number of nitrogens with one attached hydrogen (secondary N) is 4. The molecule has 3 atom stereocenters. The predicted octanol–water partition coefficient (Wildman–Crippen LogP) is 8.30. The van der Waals surface area contributed by atoms with Crippen LogP contribution in [-0.2, 0) is 25.7 Å². The Labute approximate surface area is 503 Å². The molecular formula is C60H76ClFN12O8S2. The van der Waals surface area contributed by atoms with Gasteiger partial charge in [0, 0.05) is 82.3 Å². The third-order valence-electron chi connectivity index (χ3n) is 15.7. The van der Waals surface area contributed by atoms with Crippen LogP contribution in [0.2, 0.25) is 5.02 Å². The molecule has 2 aromatic carbocycles. The van der Waals surface area contributed by atoms with E-state index in [9.17, 15) is 33.5 Å². The molecule has 0 radical (unpaired) electrons. The normalized spacial score (nSPS) is 19.1. The van der Waals surface area contributed by atoms with Crippen molar-refractivity contribution in [1.82, 2.24) is 45.7 Å². The van der Waals surface area contributed by atoms with Crippen molar-refractivity contribution >= 4 is 81.6 Å². The zero-order valence-electron chi connectivity index (χ0n) is 48.9. The number of likely N-dealkylation sites (tertiary alicyclic amines) is 1. The summed E-state index contributed by atoms with van der Waals surface area (Å²) in [5.74, 6) is -0.894. The Morgan fingerprint density at radius 3 is 2.29 bits per heavy atom. The molecule has 0 bridgehead atoms. The van der Waals surface area contributed by atoms with Crippen molar-refractivity contribution in [3.05, 3.63) is 94.6 Å². The summed E-state index contributed by atoms with van der Waals surface area (Å²) in [4.78, 5) is 94.5. The van der Waals surface area contributed by atoms with Crippen LogP contribution in [0.1, 0.15) is 102 Å². The Hall–Kier alpha value is -6.66. The third-order valence-corrected chi connectivity index (χ3v) is 18.1. The SMILES string of the molecule is Cc1ncsc1-c1ccc(CNC(=O)[C@@H]2C[C@@H](O)CN2C(=O)[C@@H](NC(=O)C2(F)CC2)C(C)(C)C)c(OCCN2CCN(c3ccc(C(=O)Nc4cccc(Sc5cnc(N6CCC(C)(CNC(=O)OC(C)(C)C)CC6)cn5)c4Cl)nc3)CC2)c1. The van der Waals surface area contributed by atoms with Crippen molar-refractivity contribution in [2.24, 2.45) is 10.8 Å². The molecule has 3 saturated heterocycles. The van der Waals surface area contributed by atoms with Gasteiger partial charge in [-0.05, 0) is 100 Å². The van der Waals surface area contributed by atoms with Crippen molar-refractivity contribution in [3.8, 4) is 16.2 Å². The van der Waals surface area contributed by atoms with Gasteiger partial charge < -0.3 is 50.5 Å². The highest BCUT2D eigenvalue weighted by molar-refractivity contribution is 7.99. The average molecular weight is 1210 g/mol. The topological polar surface area (TPSA) is 237 Å². The quantitative estimate of drug-likeness (QED) is 0.0523. The standard InChI is InChI=1S/C60H76ClFN12O8S2/c1-37-50(83-36-68-37)38-12-13-39(30-66-53(77)44-29-41(75)34-74(44)54(78)51(57(2,3)4)70-55(79)60(62)16-17-60)45(28-38)81-27-26-71-22-24-72(25-23-71)40-14-15-43(63-31-40)52(76)69-42-10-9-11-46(49(42)61)84-48-33-64-47(32-65-48)73-20-18-59(8,19-21-73)35-67-56(80)82-58(5,6)7/h9-15,28,31-33,36,41,44,51,75H,16-27,29-30,34-35H2,1-8H3,(H,66,77)(H,67,80)(H,69,76)(H,70,79)/t41-,44+,51-/m1/s1. The number of piperidine rings is 1. The highest BCUT2D eigenvalue weighted by atomic mass is 35.5. The summed E-state index contributed by atoms with van der Waals surface area (Å²) in [5, 5.41) is 23.2. The number of aryl methyl sites for hydroxylation is 1. The highest BCUT2D eigenvalue weighted by Crippen LogP contribution is 2.41. The van der Waals surface area contributed by atoms with Gasteiger partial charge in [0.25, 0.3) is 11.8 Å². The van der Waals surface area contributed by atoms with Crippen LogP contribution in [0.15, 0.2) is 82.6 Å². The highest BCUT2D eigenvalue weighted by Gasteiger charge is 2.53. The first-order valence-electron chi connectivity index (χ1n) is 28.5. The van der Waals surface area contributed by atoms with E-state index < -0.39 is 64.6 Å². The third kappa shape index (κ3) is 15.6. The molecule has 20 nitrogen and oxygen atoms in total. The Morgan fingerprint density at radius 2 is 1.64 bits per heavy atom. The zero-order chi connectivity index (χ0) is 60.1. The zero-order valence-corrected chi connectivity index (χ0v) is 51.3. The molecular weight excluding hydrogens is 1140 g/mol. The lowest BCUT2D eigenvalue weighted by atomic mass is 9.80. The number of carbonyl (C=O) groups is 5. The van der Waals surface area contributed by atoms with E-state index in [1.807, 2.05) is 64.1 Å². The second kappa shape index (κ2) is 25.9. The number of β-amino-alcohol motifs (C(OH)–C–C–N with tert-alkyl or cyclic N) is 1. The van der Waals surface area contributed by atoms with Crippen LogP contribution in [-0.4, -0.2) is 160 Å². The van der Waals surface area contributed by atoms with Crippen molar-refractivity contribution in [2.75, 3.05) is 80.6 Å². The molecule has 3 aliphatic heterocycles. The van der Waals surface area contributed by atoms with Crippen LogP contribution in [0.4, 0.5) is 26.4 Å². The number of aliphatic hydroxyl groups is 1. The van der Waals surface area contributed by atoms with Crippen LogP contribution in [0.5, 0.6) is 5.75 Å². The van der Waals surface area contributed by atoms with Gasteiger partial charge in [-0.25, -0.2) is 29.1 Å². The number of thiazole rings is 1. The number of carbonyl (C=O) groups excluding carboxylic acids is 5. The van der Waals surface area contributed by atoms with E-state index in [-0.39, 0.29) is 43.5 Å². The summed E-state index contributed by atoms with van der Waals surface area (Å²) in [6.07, 6.45) is 5.77. The van der Waals surface area contributed by atoms with E-state index in [0.717, 1.165) is 79.7 Å². The number of rotatable bonds is 19. The van der Waals surface area contributed by atoms with Gasteiger partial charge in [0.2, 0.25) is 11.8 Å². The molecule has 4 fully saturated rings. The van der Waals surface area contributed by atoms with E-state index in [4.69, 9.17) is 26.1 Å². The fourth-order valence-corrected chi connectivity index (χ4v) is 12.2. The molecule has 9 rings (SSSR count). The Morgan fingerprint density at radius 1 is 0.893 bits per heavy atom. The van der Waals surface area contributed by atoms with Gasteiger partial charge >= 0.3 is 6.09 Å². The maximum absolute atomic E-state index is 14.7. The summed E-state index contributed by atoms with van der Waals surface area (Å²) in [5.41, 5.74) is 2.49. The van der Waals surface area contributed by atoms with E-state index in [1.165, 1.54) is 28.0 Å². The smallest absolute Gasteiger partial charge is 0.407 e. The number of aliphatic hydroxyl groups excluding tert-OH is 1. The monoisotopic (exact) mass is 1210 g/mol. The summed E-state index contributed by atoms with van der Waals surface area (Å²) < 4.78 is 26.6. The number of aromatic nitrogens is 4. The van der Waals surface area contributed by atoms with Gasteiger partial charge in [-0.1, -0.05) is 69.3 Å². The van der Waals surface area contributed by atoms with Gasteiger partial charge in [-0.15, -0.1) is 11.3 Å². The van der Waals surface area contributed by atoms with Gasteiger partial charge in [0.15, 0.2) is 5.67 Å². The number of benzene rings is 2. The van der Waals surface area contributed by atoms with Crippen LogP contribution in [0, 0.1) is 17.8 Å². The number of alkyl carbamates (subject to hydrolysis) is 1. The Kier molecular flexibility index (Phi) is 19.1. The van der Waals surface area contributed by atoms with Crippen molar-refractivity contribution in [1.29, 1.82) is 0 Å². The van der Waals surface area contributed by atoms with E-state index in [1.54, 1.807) is 57.0 Å². The minimum atomic E-state index is -1.99. The number of hydrogen-bond acceptors (Lipinski definition) is 17. The summed E-state index contributed by atoms with van der Waals surface area (Å²) in [6, 6.07) is 12.7. The number of amides is 5.